The molecule has 1 rings (SSSR count). The molecule has 0 aromatic rings. The van der Waals surface area contributed by atoms with Gasteiger partial charge in [-0.2, -0.15) is 0 Å². The summed E-state index contributed by atoms with van der Waals surface area (Å²) in [6, 6.07) is 0.463. The summed E-state index contributed by atoms with van der Waals surface area (Å²) >= 11 is 0. The first-order valence-corrected chi connectivity index (χ1v) is 7.43. The fourth-order valence-corrected chi connectivity index (χ4v) is 1.60. The van der Waals surface area contributed by atoms with Gasteiger partial charge < -0.3 is 16.0 Å². The van der Waals surface area contributed by atoms with Gasteiger partial charge in [-0.3, -0.25) is 9.79 Å². The molecule has 1 saturated carbocycles. The molecule has 0 radical (unpaired) electrons. The van der Waals surface area contributed by atoms with E-state index in [0.29, 0.717) is 18.4 Å². The molecule has 0 unspecified atom stereocenters. The minimum absolute atomic E-state index is 0.174. The van der Waals surface area contributed by atoms with E-state index in [2.05, 4.69) is 41.7 Å². The predicted octanol–water partition coefficient (Wildman–Crippen LogP) is 1.26. The fraction of sp³-hybridized carbons (Fsp3) is 0.857. The van der Waals surface area contributed by atoms with Crippen molar-refractivity contribution >= 4 is 11.9 Å². The zero-order chi connectivity index (χ0) is 14.1. The van der Waals surface area contributed by atoms with Crippen LogP contribution in [0.25, 0.3) is 0 Å². The Morgan fingerprint density at radius 1 is 1.32 bits per heavy atom. The molecule has 1 aliphatic carbocycles. The lowest BCUT2D eigenvalue weighted by molar-refractivity contribution is -0.121. The molecule has 0 aliphatic heterocycles. The van der Waals surface area contributed by atoms with Crippen LogP contribution in [0.3, 0.4) is 0 Å². The lowest BCUT2D eigenvalue weighted by Gasteiger charge is -2.11. The normalized spacial score (nSPS) is 15.5. The van der Waals surface area contributed by atoms with Gasteiger partial charge in [0, 0.05) is 32.1 Å². The number of hydrogen-bond donors (Lipinski definition) is 3. The van der Waals surface area contributed by atoms with E-state index >= 15 is 0 Å². The molecular weight excluding hydrogens is 240 g/mol. The zero-order valence-corrected chi connectivity index (χ0v) is 12.5. The molecular formula is C14H28N4O. The Bertz CT molecular complexity index is 298. The number of hydrogen-bond acceptors (Lipinski definition) is 2. The van der Waals surface area contributed by atoms with Crippen LogP contribution in [-0.4, -0.2) is 37.5 Å². The SMILES string of the molecule is CCNC(=NCC(C)C)NCCCC(=O)NC1CC1. The maximum atomic E-state index is 11.5. The van der Waals surface area contributed by atoms with E-state index in [1.807, 2.05) is 0 Å². The number of nitrogens with zero attached hydrogens (tertiary/aromatic N) is 1. The topological polar surface area (TPSA) is 65.5 Å². The monoisotopic (exact) mass is 268 g/mol. The van der Waals surface area contributed by atoms with Crippen LogP contribution >= 0.6 is 0 Å². The fourth-order valence-electron chi connectivity index (χ4n) is 1.60. The number of aliphatic imine (C=N–C) groups is 1. The van der Waals surface area contributed by atoms with Gasteiger partial charge in [0.2, 0.25) is 5.91 Å². The molecule has 1 amide bonds. The smallest absolute Gasteiger partial charge is 0.220 e. The molecule has 0 spiro atoms. The van der Waals surface area contributed by atoms with E-state index < -0.39 is 0 Å². The lowest BCUT2D eigenvalue weighted by atomic mass is 10.2. The van der Waals surface area contributed by atoms with Crippen LogP contribution in [0.5, 0.6) is 0 Å². The summed E-state index contributed by atoms with van der Waals surface area (Å²) in [5, 5.41) is 9.46. The van der Waals surface area contributed by atoms with Gasteiger partial charge in [-0.1, -0.05) is 13.8 Å². The number of carbonyl (C=O) groups excluding carboxylic acids is 1. The van der Waals surface area contributed by atoms with E-state index in [-0.39, 0.29) is 5.91 Å². The molecule has 0 atom stereocenters. The third-order valence-corrected chi connectivity index (χ3v) is 2.77. The van der Waals surface area contributed by atoms with Crippen molar-refractivity contribution in [2.45, 2.75) is 52.5 Å². The molecule has 0 aromatic carbocycles. The van der Waals surface area contributed by atoms with Gasteiger partial charge in [-0.15, -0.1) is 0 Å². The quantitative estimate of drug-likeness (QED) is 0.353. The van der Waals surface area contributed by atoms with E-state index in [1.165, 1.54) is 0 Å². The third-order valence-electron chi connectivity index (χ3n) is 2.77. The summed E-state index contributed by atoms with van der Waals surface area (Å²) in [6.07, 6.45) is 3.73. The molecule has 0 bridgehead atoms. The summed E-state index contributed by atoms with van der Waals surface area (Å²) in [6.45, 7) is 8.80. The maximum Gasteiger partial charge on any atom is 0.220 e. The van der Waals surface area contributed by atoms with Crippen LogP contribution in [0, 0.1) is 5.92 Å². The highest BCUT2D eigenvalue weighted by Crippen LogP contribution is 2.18. The lowest BCUT2D eigenvalue weighted by Crippen LogP contribution is -2.38. The molecule has 5 nitrogen and oxygen atoms in total. The first-order chi connectivity index (χ1) is 9.11. The van der Waals surface area contributed by atoms with Gasteiger partial charge in [0.1, 0.15) is 0 Å². The zero-order valence-electron chi connectivity index (χ0n) is 12.5. The minimum Gasteiger partial charge on any atom is -0.357 e. The highest BCUT2D eigenvalue weighted by atomic mass is 16.1. The van der Waals surface area contributed by atoms with E-state index in [0.717, 1.165) is 44.9 Å². The van der Waals surface area contributed by atoms with Gasteiger partial charge >= 0.3 is 0 Å². The predicted molar refractivity (Wildman–Crippen MR) is 79.2 cm³/mol. The average Bonchev–Trinajstić information content (AvgIpc) is 3.15. The number of carbonyl (C=O) groups is 1. The standard InChI is InChI=1S/C14H28N4O/c1-4-15-14(17-10-11(2)3)16-9-5-6-13(19)18-12-7-8-12/h11-12H,4-10H2,1-3H3,(H,18,19)(H2,15,16,17). The second kappa shape index (κ2) is 8.77. The van der Waals surface area contributed by atoms with Gasteiger partial charge in [-0.05, 0) is 32.1 Å². The molecule has 5 heteroatoms. The van der Waals surface area contributed by atoms with Crippen LogP contribution in [-0.2, 0) is 4.79 Å². The second-order valence-corrected chi connectivity index (χ2v) is 5.49. The summed E-state index contributed by atoms with van der Waals surface area (Å²) in [4.78, 5) is 16.0. The van der Waals surface area contributed by atoms with Crippen molar-refractivity contribution < 1.29 is 4.79 Å². The summed E-state index contributed by atoms with van der Waals surface area (Å²) in [7, 11) is 0. The number of guanidine groups is 1. The summed E-state index contributed by atoms with van der Waals surface area (Å²) in [5.74, 6) is 1.58. The Kier molecular flexibility index (Phi) is 7.30. The molecule has 0 heterocycles. The van der Waals surface area contributed by atoms with Crippen LogP contribution in [0.2, 0.25) is 0 Å². The Morgan fingerprint density at radius 3 is 2.63 bits per heavy atom. The van der Waals surface area contributed by atoms with Crippen molar-refractivity contribution in [3.63, 3.8) is 0 Å². The Balaban J connectivity index is 2.12. The highest BCUT2D eigenvalue weighted by molar-refractivity contribution is 5.80. The molecule has 110 valence electrons. The van der Waals surface area contributed by atoms with Gasteiger partial charge in [-0.25, -0.2) is 0 Å². The molecule has 19 heavy (non-hydrogen) atoms. The average molecular weight is 268 g/mol. The first kappa shape index (κ1) is 15.8. The van der Waals surface area contributed by atoms with Gasteiger partial charge in [0.15, 0.2) is 5.96 Å². The van der Waals surface area contributed by atoms with Crippen LogP contribution in [0.4, 0.5) is 0 Å². The molecule has 0 aromatic heterocycles. The number of nitrogens with one attached hydrogen (secondary N) is 3. The van der Waals surface area contributed by atoms with Crippen molar-refractivity contribution in [2.24, 2.45) is 10.9 Å². The second-order valence-electron chi connectivity index (χ2n) is 5.49. The largest absolute Gasteiger partial charge is 0.357 e. The summed E-state index contributed by atoms with van der Waals surface area (Å²) in [5.41, 5.74) is 0. The van der Waals surface area contributed by atoms with Gasteiger partial charge in [0.25, 0.3) is 0 Å². The number of rotatable bonds is 8. The Hall–Kier alpha value is -1.26. The van der Waals surface area contributed by atoms with E-state index in [1.54, 1.807) is 0 Å². The Labute approximate surface area is 116 Å². The van der Waals surface area contributed by atoms with Crippen LogP contribution < -0.4 is 16.0 Å². The van der Waals surface area contributed by atoms with E-state index in [9.17, 15) is 4.79 Å². The van der Waals surface area contributed by atoms with Crippen LogP contribution in [0.15, 0.2) is 4.99 Å². The first-order valence-electron chi connectivity index (χ1n) is 7.43. The molecule has 1 fully saturated rings. The van der Waals surface area contributed by atoms with Crippen molar-refractivity contribution in [2.75, 3.05) is 19.6 Å². The number of amides is 1. The van der Waals surface area contributed by atoms with Gasteiger partial charge in [0.05, 0.1) is 0 Å². The maximum absolute atomic E-state index is 11.5. The van der Waals surface area contributed by atoms with Crippen molar-refractivity contribution in [3.8, 4) is 0 Å². The highest BCUT2D eigenvalue weighted by Gasteiger charge is 2.22. The molecule has 3 N–H and O–H groups in total. The van der Waals surface area contributed by atoms with Crippen molar-refractivity contribution in [1.82, 2.24) is 16.0 Å². The van der Waals surface area contributed by atoms with E-state index in [4.69, 9.17) is 0 Å². The third kappa shape index (κ3) is 8.46. The molecule has 1 aliphatic rings. The van der Waals surface area contributed by atoms with Crippen molar-refractivity contribution in [3.05, 3.63) is 0 Å². The molecule has 0 saturated heterocycles. The summed E-state index contributed by atoms with van der Waals surface area (Å²) < 4.78 is 0. The Morgan fingerprint density at radius 2 is 2.05 bits per heavy atom. The minimum atomic E-state index is 0.174. The van der Waals surface area contributed by atoms with Crippen molar-refractivity contribution in [1.29, 1.82) is 0 Å². The van der Waals surface area contributed by atoms with Crippen LogP contribution in [0.1, 0.15) is 46.5 Å².